The first-order chi connectivity index (χ1) is 15.1. The Hall–Kier alpha value is -3.18. The second-order valence-corrected chi connectivity index (χ2v) is 6.99. The molecule has 3 aromatic rings. The molecule has 0 bridgehead atoms. The van der Waals surface area contributed by atoms with Gasteiger partial charge in [-0.15, -0.1) is 0 Å². The van der Waals surface area contributed by atoms with Gasteiger partial charge in [-0.05, 0) is 24.9 Å². The lowest BCUT2D eigenvalue weighted by Crippen LogP contribution is -2.22. The minimum atomic E-state index is -0.337. The number of hydrogen-bond donors (Lipinski definition) is 4. The Labute approximate surface area is 179 Å². The average Bonchev–Trinajstić information content (AvgIpc) is 3.08. The largest absolute Gasteiger partial charge is 0.476 e. The van der Waals surface area contributed by atoms with E-state index in [1.807, 2.05) is 6.07 Å². The van der Waals surface area contributed by atoms with Crippen molar-refractivity contribution in [2.75, 3.05) is 38.6 Å². The van der Waals surface area contributed by atoms with Crippen LogP contribution in [-0.4, -0.2) is 62.5 Å². The van der Waals surface area contributed by atoms with Crippen molar-refractivity contribution >= 4 is 17.0 Å². The van der Waals surface area contributed by atoms with Gasteiger partial charge >= 0.3 is 11.7 Å². The van der Waals surface area contributed by atoms with Crippen molar-refractivity contribution in [1.82, 2.24) is 29.8 Å². The highest BCUT2D eigenvalue weighted by molar-refractivity contribution is 5.81. The summed E-state index contributed by atoms with van der Waals surface area (Å²) in [7, 11) is 0. The third kappa shape index (κ3) is 6.15. The van der Waals surface area contributed by atoms with Crippen molar-refractivity contribution in [1.29, 1.82) is 0 Å². The number of anilines is 1. The van der Waals surface area contributed by atoms with Crippen LogP contribution in [0.3, 0.4) is 0 Å². The lowest BCUT2D eigenvalue weighted by molar-refractivity contribution is 0.276. The van der Waals surface area contributed by atoms with E-state index < -0.39 is 0 Å². The number of unbranched alkanes of at least 4 members (excludes halogenated alkanes) is 1. The lowest BCUT2D eigenvalue weighted by atomic mass is 10.3. The SMILES string of the molecule is CCCCOc1nc(N)c2[nH]c(=O)n(Cc3ccc(OCCNCCCO)nc3)c2n1. The Bertz CT molecular complexity index is 1020. The van der Waals surface area contributed by atoms with E-state index in [1.165, 1.54) is 4.57 Å². The highest BCUT2D eigenvalue weighted by Crippen LogP contribution is 2.19. The van der Waals surface area contributed by atoms with Crippen molar-refractivity contribution in [2.45, 2.75) is 32.7 Å². The smallest absolute Gasteiger partial charge is 0.328 e. The number of pyridine rings is 1. The second kappa shape index (κ2) is 11.3. The summed E-state index contributed by atoms with van der Waals surface area (Å²) in [6, 6.07) is 3.75. The standard InChI is InChI=1S/C20H29N7O4/c1-2-3-10-31-19-25-17(21)16-18(26-19)27(20(29)24-16)13-14-5-6-15(23-12-14)30-11-8-22-7-4-9-28/h5-6,12,22,28H,2-4,7-11,13H2,1H3,(H,24,29)(H2,21,25,26). The highest BCUT2D eigenvalue weighted by atomic mass is 16.5. The maximum absolute atomic E-state index is 12.5. The number of ether oxygens (including phenoxy) is 2. The summed E-state index contributed by atoms with van der Waals surface area (Å²) in [4.78, 5) is 27.9. The fourth-order valence-electron chi connectivity index (χ4n) is 2.88. The molecule has 0 atom stereocenters. The molecule has 0 saturated carbocycles. The number of aromatic nitrogens is 5. The zero-order valence-electron chi connectivity index (χ0n) is 17.6. The third-order valence-corrected chi connectivity index (χ3v) is 4.54. The average molecular weight is 431 g/mol. The number of aliphatic hydroxyl groups is 1. The second-order valence-electron chi connectivity index (χ2n) is 6.99. The molecule has 3 rings (SSSR count). The monoisotopic (exact) mass is 431 g/mol. The van der Waals surface area contributed by atoms with Crippen LogP contribution in [0.2, 0.25) is 0 Å². The number of aliphatic hydroxyl groups excluding tert-OH is 1. The summed E-state index contributed by atoms with van der Waals surface area (Å²) in [5, 5.41) is 11.9. The highest BCUT2D eigenvalue weighted by Gasteiger charge is 2.15. The number of H-pyrrole nitrogens is 1. The summed E-state index contributed by atoms with van der Waals surface area (Å²) in [5.74, 6) is 0.666. The van der Waals surface area contributed by atoms with Gasteiger partial charge in [-0.3, -0.25) is 4.57 Å². The van der Waals surface area contributed by atoms with Gasteiger partial charge in [0.2, 0.25) is 5.88 Å². The molecular formula is C20H29N7O4. The molecule has 3 heterocycles. The van der Waals surface area contributed by atoms with Gasteiger partial charge in [0.25, 0.3) is 0 Å². The molecule has 0 fully saturated rings. The predicted octanol–water partition coefficient (Wildman–Crippen LogP) is 0.675. The fraction of sp³-hybridized carbons (Fsp3) is 0.500. The first-order valence-corrected chi connectivity index (χ1v) is 10.4. The molecule has 0 aliphatic heterocycles. The molecule has 0 unspecified atom stereocenters. The van der Waals surface area contributed by atoms with Crippen LogP contribution in [-0.2, 0) is 6.54 Å². The summed E-state index contributed by atoms with van der Waals surface area (Å²) < 4.78 is 12.6. The number of nitrogens with zero attached hydrogens (tertiary/aromatic N) is 4. The number of imidazole rings is 1. The Morgan fingerprint density at radius 3 is 2.81 bits per heavy atom. The number of aromatic amines is 1. The number of nitrogens with two attached hydrogens (primary N) is 1. The number of nitrogen functional groups attached to an aromatic ring is 1. The van der Waals surface area contributed by atoms with Crippen LogP contribution in [0.1, 0.15) is 31.7 Å². The maximum Gasteiger partial charge on any atom is 0.328 e. The molecule has 0 amide bonds. The normalized spacial score (nSPS) is 11.2. The van der Waals surface area contributed by atoms with E-state index in [1.54, 1.807) is 12.3 Å². The topological polar surface area (TPSA) is 153 Å². The summed E-state index contributed by atoms with van der Waals surface area (Å²) in [5.41, 5.74) is 7.22. The van der Waals surface area contributed by atoms with E-state index in [2.05, 4.69) is 32.2 Å². The van der Waals surface area contributed by atoms with Gasteiger partial charge in [0.05, 0.1) is 13.2 Å². The number of fused-ring (bicyclic) bond motifs is 1. The van der Waals surface area contributed by atoms with E-state index in [9.17, 15) is 4.79 Å². The molecule has 0 spiro atoms. The first kappa shape index (κ1) is 22.5. The molecule has 0 aromatic carbocycles. The van der Waals surface area contributed by atoms with Gasteiger partial charge < -0.3 is 30.6 Å². The Balaban J connectivity index is 1.66. The van der Waals surface area contributed by atoms with Gasteiger partial charge in [0.1, 0.15) is 12.1 Å². The molecule has 168 valence electrons. The van der Waals surface area contributed by atoms with E-state index in [4.69, 9.17) is 20.3 Å². The summed E-state index contributed by atoms with van der Waals surface area (Å²) in [6.07, 6.45) is 4.23. The zero-order valence-corrected chi connectivity index (χ0v) is 17.6. The molecule has 0 aliphatic carbocycles. The van der Waals surface area contributed by atoms with Crippen molar-refractivity contribution in [3.05, 3.63) is 34.4 Å². The van der Waals surface area contributed by atoms with Gasteiger partial charge in [-0.1, -0.05) is 19.4 Å². The number of hydrogen-bond acceptors (Lipinski definition) is 9. The quantitative estimate of drug-likeness (QED) is 0.286. The minimum absolute atomic E-state index is 0.153. The van der Waals surface area contributed by atoms with Crippen LogP contribution >= 0.6 is 0 Å². The molecule has 0 aliphatic rings. The maximum atomic E-state index is 12.5. The summed E-state index contributed by atoms with van der Waals surface area (Å²) in [6.45, 7) is 4.85. The molecule has 11 nitrogen and oxygen atoms in total. The van der Waals surface area contributed by atoms with Crippen LogP contribution in [0, 0.1) is 0 Å². The molecule has 3 aromatic heterocycles. The van der Waals surface area contributed by atoms with E-state index in [0.717, 1.165) is 24.9 Å². The summed E-state index contributed by atoms with van der Waals surface area (Å²) >= 11 is 0. The van der Waals surface area contributed by atoms with Crippen molar-refractivity contribution < 1.29 is 14.6 Å². The Morgan fingerprint density at radius 1 is 1.19 bits per heavy atom. The molecule has 31 heavy (non-hydrogen) atoms. The minimum Gasteiger partial charge on any atom is -0.476 e. The van der Waals surface area contributed by atoms with Gasteiger partial charge in [-0.25, -0.2) is 9.78 Å². The lowest BCUT2D eigenvalue weighted by Gasteiger charge is -2.08. The van der Waals surface area contributed by atoms with Crippen LogP contribution in [0.4, 0.5) is 5.82 Å². The van der Waals surface area contributed by atoms with E-state index in [0.29, 0.717) is 43.2 Å². The van der Waals surface area contributed by atoms with Gasteiger partial charge in [-0.2, -0.15) is 9.97 Å². The van der Waals surface area contributed by atoms with Crippen LogP contribution in [0.15, 0.2) is 23.1 Å². The molecule has 0 saturated heterocycles. The fourth-order valence-corrected chi connectivity index (χ4v) is 2.88. The Morgan fingerprint density at radius 2 is 2.06 bits per heavy atom. The molecule has 11 heteroatoms. The van der Waals surface area contributed by atoms with Crippen molar-refractivity contribution in [2.24, 2.45) is 0 Å². The van der Waals surface area contributed by atoms with E-state index in [-0.39, 0.29) is 30.7 Å². The molecular weight excluding hydrogens is 402 g/mol. The van der Waals surface area contributed by atoms with Crippen molar-refractivity contribution in [3.63, 3.8) is 0 Å². The molecule has 5 N–H and O–H groups in total. The van der Waals surface area contributed by atoms with Crippen LogP contribution < -0.4 is 26.2 Å². The van der Waals surface area contributed by atoms with Gasteiger partial charge in [0.15, 0.2) is 11.5 Å². The van der Waals surface area contributed by atoms with Crippen LogP contribution in [0.5, 0.6) is 11.9 Å². The van der Waals surface area contributed by atoms with Crippen molar-refractivity contribution in [3.8, 4) is 11.9 Å². The van der Waals surface area contributed by atoms with E-state index >= 15 is 0 Å². The van der Waals surface area contributed by atoms with Crippen LogP contribution in [0.25, 0.3) is 11.2 Å². The third-order valence-electron chi connectivity index (χ3n) is 4.54. The Kier molecular flexibility index (Phi) is 8.19. The van der Waals surface area contributed by atoms with Gasteiger partial charge in [0, 0.05) is 25.4 Å². The first-order valence-electron chi connectivity index (χ1n) is 10.4. The molecule has 0 radical (unpaired) electrons. The predicted molar refractivity (Wildman–Crippen MR) is 116 cm³/mol. The zero-order chi connectivity index (χ0) is 22.1. The number of rotatable bonds is 13. The number of nitrogens with one attached hydrogen (secondary N) is 2.